The highest BCUT2D eigenvalue weighted by molar-refractivity contribution is 5.93. The molecule has 0 unspecified atom stereocenters. The minimum Gasteiger partial charge on any atom is -0.472 e. The molecule has 3 aliphatic carbocycles. The third kappa shape index (κ3) is 3.53. The second-order valence-corrected chi connectivity index (χ2v) is 12.4. The van der Waals surface area contributed by atoms with Crippen LogP contribution in [0, 0.1) is 34.0 Å². The highest BCUT2D eigenvalue weighted by atomic mass is 16.6. The highest BCUT2D eigenvalue weighted by Crippen LogP contribution is 2.68. The van der Waals surface area contributed by atoms with Crippen molar-refractivity contribution < 1.29 is 42.9 Å². The summed E-state index contributed by atoms with van der Waals surface area (Å²) in [5.41, 5.74) is 0.102. The topological polar surface area (TPSA) is 129 Å². The molecular weight excluding hydrogens is 492 g/mol. The number of rotatable bonds is 4. The molecule has 2 saturated carbocycles. The van der Waals surface area contributed by atoms with Crippen LogP contribution in [0.15, 0.2) is 34.2 Å². The Kier molecular flexibility index (Phi) is 6.17. The molecule has 0 aromatic carbocycles. The van der Waals surface area contributed by atoms with Crippen LogP contribution in [0.5, 0.6) is 0 Å². The molecule has 1 aliphatic heterocycles. The lowest BCUT2D eigenvalue weighted by Crippen LogP contribution is -2.69. The quantitative estimate of drug-likeness (QED) is 0.353. The van der Waals surface area contributed by atoms with Crippen LogP contribution < -0.4 is 0 Å². The zero-order valence-corrected chi connectivity index (χ0v) is 22.7. The van der Waals surface area contributed by atoms with E-state index < -0.39 is 58.3 Å². The molecule has 9 nitrogen and oxygen atoms in total. The molecular formula is C29H36O9. The molecule has 1 N–H and O–H groups in total. The van der Waals surface area contributed by atoms with E-state index >= 15 is 0 Å². The first-order valence-corrected chi connectivity index (χ1v) is 13.2. The van der Waals surface area contributed by atoms with Gasteiger partial charge in [0.25, 0.3) is 0 Å². The number of hydrogen-bond donors (Lipinski definition) is 1. The van der Waals surface area contributed by atoms with E-state index in [9.17, 15) is 24.3 Å². The van der Waals surface area contributed by atoms with Crippen molar-refractivity contribution in [3.05, 3.63) is 35.3 Å². The lowest BCUT2D eigenvalue weighted by molar-refractivity contribution is -0.212. The van der Waals surface area contributed by atoms with E-state index in [4.69, 9.17) is 18.6 Å². The zero-order chi connectivity index (χ0) is 27.8. The molecule has 0 spiro atoms. The molecule has 5 rings (SSSR count). The minimum absolute atomic E-state index is 0.0967. The van der Waals surface area contributed by atoms with Crippen molar-refractivity contribution in [2.24, 2.45) is 34.0 Å². The molecule has 206 valence electrons. The van der Waals surface area contributed by atoms with Gasteiger partial charge in [0.15, 0.2) is 6.10 Å². The van der Waals surface area contributed by atoms with Crippen LogP contribution in [0.3, 0.4) is 0 Å². The number of hydrogen-bond acceptors (Lipinski definition) is 9. The summed E-state index contributed by atoms with van der Waals surface area (Å²) in [7, 11) is 1.20. The molecule has 2 heterocycles. The number of ether oxygens (including phenoxy) is 3. The number of Topliss-reactive ketones (excluding diaryl/α,β-unsaturated/α-hetero) is 1. The highest BCUT2D eigenvalue weighted by Gasteiger charge is 2.70. The average Bonchev–Trinajstić information content (AvgIpc) is 3.38. The third-order valence-corrected chi connectivity index (χ3v) is 10.1. The molecule has 3 fully saturated rings. The summed E-state index contributed by atoms with van der Waals surface area (Å²) >= 11 is 0. The zero-order valence-electron chi connectivity index (χ0n) is 22.7. The van der Waals surface area contributed by atoms with Crippen molar-refractivity contribution in [3.8, 4) is 0 Å². The predicted molar refractivity (Wildman–Crippen MR) is 132 cm³/mol. The molecule has 4 aliphatic rings. The number of furan rings is 1. The van der Waals surface area contributed by atoms with Gasteiger partial charge in [-0.3, -0.25) is 14.4 Å². The molecule has 1 saturated heterocycles. The van der Waals surface area contributed by atoms with Gasteiger partial charge in [-0.1, -0.05) is 33.3 Å². The van der Waals surface area contributed by atoms with Gasteiger partial charge in [0.2, 0.25) is 0 Å². The Balaban J connectivity index is 1.72. The van der Waals surface area contributed by atoms with Crippen molar-refractivity contribution >= 4 is 23.7 Å². The maximum Gasteiger partial charge on any atom is 0.335 e. The summed E-state index contributed by atoms with van der Waals surface area (Å²) in [5.74, 6) is -3.72. The van der Waals surface area contributed by atoms with Gasteiger partial charge in [-0.2, -0.15) is 0 Å². The normalized spacial score (nSPS) is 38.4. The number of cyclic esters (lactones) is 1. The van der Waals surface area contributed by atoms with Crippen LogP contribution in [0.25, 0.3) is 0 Å². The van der Waals surface area contributed by atoms with E-state index in [1.165, 1.54) is 14.0 Å². The van der Waals surface area contributed by atoms with Gasteiger partial charge in [0.05, 0.1) is 32.0 Å². The Morgan fingerprint density at radius 3 is 2.50 bits per heavy atom. The van der Waals surface area contributed by atoms with Crippen LogP contribution in [0.4, 0.5) is 0 Å². The number of aliphatic hydroxyl groups is 1. The summed E-state index contributed by atoms with van der Waals surface area (Å²) in [4.78, 5) is 52.1. The molecule has 1 aromatic rings. The fourth-order valence-corrected chi connectivity index (χ4v) is 8.57. The third-order valence-electron chi connectivity index (χ3n) is 10.1. The first-order valence-electron chi connectivity index (χ1n) is 13.2. The molecule has 9 heteroatoms. The van der Waals surface area contributed by atoms with Gasteiger partial charge in [0, 0.05) is 34.7 Å². The van der Waals surface area contributed by atoms with Crippen LogP contribution in [-0.2, 0) is 33.4 Å². The summed E-state index contributed by atoms with van der Waals surface area (Å²) in [5, 5.41) is 11.3. The van der Waals surface area contributed by atoms with E-state index in [1.54, 1.807) is 18.6 Å². The summed E-state index contributed by atoms with van der Waals surface area (Å²) in [6.07, 6.45) is 1.82. The van der Waals surface area contributed by atoms with Crippen LogP contribution in [0.1, 0.15) is 72.0 Å². The predicted octanol–water partition coefficient (Wildman–Crippen LogP) is 3.70. The summed E-state index contributed by atoms with van der Waals surface area (Å²) in [6.45, 7) is 8.88. The van der Waals surface area contributed by atoms with Gasteiger partial charge >= 0.3 is 17.9 Å². The first-order chi connectivity index (χ1) is 17.8. The van der Waals surface area contributed by atoms with Crippen molar-refractivity contribution in [1.29, 1.82) is 0 Å². The molecule has 1 aromatic heterocycles. The van der Waals surface area contributed by atoms with Crippen molar-refractivity contribution in [2.75, 3.05) is 7.11 Å². The Labute approximate surface area is 221 Å². The monoisotopic (exact) mass is 528 g/mol. The van der Waals surface area contributed by atoms with E-state index in [0.29, 0.717) is 19.3 Å². The van der Waals surface area contributed by atoms with Gasteiger partial charge < -0.3 is 23.7 Å². The lowest BCUT2D eigenvalue weighted by Gasteiger charge is -2.64. The van der Waals surface area contributed by atoms with Gasteiger partial charge in [-0.25, -0.2) is 4.79 Å². The molecule has 2 bridgehead atoms. The fourth-order valence-electron chi connectivity index (χ4n) is 8.57. The fraction of sp³-hybridized carbons (Fsp3) is 0.655. The summed E-state index contributed by atoms with van der Waals surface area (Å²) in [6, 6.07) is 1.80. The molecule has 8 atom stereocenters. The number of allylic oxidation sites excluding steroid dienone is 1. The van der Waals surface area contributed by atoms with Gasteiger partial charge in [-0.15, -0.1) is 0 Å². The minimum atomic E-state index is -1.60. The number of carbonyl (C=O) groups is 4. The number of methoxy groups -OCH3 is 1. The van der Waals surface area contributed by atoms with E-state index in [0.717, 1.165) is 16.7 Å². The van der Waals surface area contributed by atoms with Crippen molar-refractivity contribution in [3.63, 3.8) is 0 Å². The van der Waals surface area contributed by atoms with Gasteiger partial charge in [0.1, 0.15) is 18.0 Å². The first kappa shape index (κ1) is 26.7. The molecule has 0 radical (unpaired) electrons. The number of ketones is 1. The standard InChI is InChI=1S/C29H36O9/c1-14(30)37-25-17-11-16-18(29(5,23(17)33)22(27(25,2)3)21(32)26(34)35-6)7-9-28(4)19(16)12-20(31)38-24(28)15-8-10-36-13-15/h8,10,13,17-18,21-22,24-25,32H,7,9,11-12H2,1-6H3/t17-,18+,21-,22+,24+,25-,28-,29-/m1/s1. The second-order valence-electron chi connectivity index (χ2n) is 12.4. The average molecular weight is 529 g/mol. The van der Waals surface area contributed by atoms with Crippen LogP contribution in [-0.4, -0.2) is 48.1 Å². The Morgan fingerprint density at radius 1 is 1.18 bits per heavy atom. The van der Waals surface area contributed by atoms with Crippen molar-refractivity contribution in [1.82, 2.24) is 0 Å². The van der Waals surface area contributed by atoms with E-state index in [2.05, 4.69) is 6.92 Å². The number of carbonyl (C=O) groups excluding carboxylic acids is 4. The van der Waals surface area contributed by atoms with Gasteiger partial charge in [-0.05, 0) is 36.8 Å². The Bertz CT molecular complexity index is 1210. The lowest BCUT2D eigenvalue weighted by atomic mass is 9.40. The van der Waals surface area contributed by atoms with E-state index in [-0.39, 0.29) is 24.1 Å². The second kappa shape index (κ2) is 8.79. The number of esters is 3. The smallest absolute Gasteiger partial charge is 0.335 e. The maximum absolute atomic E-state index is 14.3. The Hall–Kier alpha value is -2.94. The SMILES string of the molecule is COC(=O)[C@H](O)[C@H]1C(C)(C)[C@H](OC(C)=O)[C@@H]2CC3=C4CC(=O)O[C@@H](c5ccoc5)[C@]4(C)CC[C@@H]3[C@@]1(C)C2=O. The molecule has 38 heavy (non-hydrogen) atoms. The van der Waals surface area contributed by atoms with Crippen molar-refractivity contribution in [2.45, 2.75) is 78.6 Å². The molecule has 0 amide bonds. The maximum atomic E-state index is 14.3. The Morgan fingerprint density at radius 2 is 1.89 bits per heavy atom. The number of aliphatic hydroxyl groups excluding tert-OH is 1. The van der Waals surface area contributed by atoms with Crippen LogP contribution >= 0.6 is 0 Å². The van der Waals surface area contributed by atoms with E-state index in [1.807, 2.05) is 20.8 Å². The number of fused-ring (bicyclic) bond motifs is 5. The summed E-state index contributed by atoms with van der Waals surface area (Å²) < 4.78 is 21.9. The van der Waals surface area contributed by atoms with Crippen LogP contribution in [0.2, 0.25) is 0 Å². The largest absolute Gasteiger partial charge is 0.472 e.